The molecule has 0 N–H and O–H groups in total. The SMILES string of the molecule is O=Cc1cc(-n2ccc3ccncc32)ncc1Br. The third kappa shape index (κ3) is 1.73. The Morgan fingerprint density at radius 2 is 2.17 bits per heavy atom. The Kier molecular flexibility index (Phi) is 2.68. The van der Waals surface area contributed by atoms with E-state index in [2.05, 4.69) is 25.9 Å². The van der Waals surface area contributed by atoms with Crippen LogP contribution in [0.15, 0.2) is 47.5 Å². The molecule has 0 amide bonds. The fourth-order valence-electron chi connectivity index (χ4n) is 1.84. The molecule has 88 valence electrons. The van der Waals surface area contributed by atoms with Gasteiger partial charge in [0.05, 0.1) is 11.7 Å². The average molecular weight is 302 g/mol. The highest BCUT2D eigenvalue weighted by Gasteiger charge is 2.07. The van der Waals surface area contributed by atoms with Crippen molar-refractivity contribution in [1.29, 1.82) is 0 Å². The number of pyridine rings is 2. The topological polar surface area (TPSA) is 47.8 Å². The molecule has 0 spiro atoms. The number of halogens is 1. The van der Waals surface area contributed by atoms with Gasteiger partial charge in [0.15, 0.2) is 6.29 Å². The van der Waals surface area contributed by atoms with Crippen molar-refractivity contribution in [2.45, 2.75) is 0 Å². The van der Waals surface area contributed by atoms with Crippen molar-refractivity contribution >= 4 is 33.1 Å². The van der Waals surface area contributed by atoms with E-state index in [1.807, 2.05) is 22.9 Å². The van der Waals surface area contributed by atoms with E-state index in [1.54, 1.807) is 24.7 Å². The second kappa shape index (κ2) is 4.34. The summed E-state index contributed by atoms with van der Waals surface area (Å²) in [6, 6.07) is 5.66. The lowest BCUT2D eigenvalue weighted by atomic mass is 10.3. The summed E-state index contributed by atoms with van der Waals surface area (Å²) in [5.74, 6) is 0.698. The molecule has 0 radical (unpaired) electrons. The van der Waals surface area contributed by atoms with Crippen molar-refractivity contribution in [3.05, 3.63) is 53.0 Å². The second-order valence-corrected chi connectivity index (χ2v) is 4.66. The van der Waals surface area contributed by atoms with Crippen molar-refractivity contribution in [3.8, 4) is 5.82 Å². The van der Waals surface area contributed by atoms with Crippen LogP contribution in [0.4, 0.5) is 0 Å². The minimum atomic E-state index is 0.575. The Labute approximate surface area is 111 Å². The predicted octanol–water partition coefficient (Wildman–Crippen LogP) is 3.00. The van der Waals surface area contributed by atoms with Gasteiger partial charge in [-0.15, -0.1) is 0 Å². The number of aromatic nitrogens is 3. The van der Waals surface area contributed by atoms with Crippen LogP contribution in [0.5, 0.6) is 0 Å². The Hall–Kier alpha value is -2.01. The zero-order valence-electron chi connectivity index (χ0n) is 9.25. The first-order valence-corrected chi connectivity index (χ1v) is 6.11. The molecule has 3 aromatic heterocycles. The van der Waals surface area contributed by atoms with Gasteiger partial charge in [-0.3, -0.25) is 14.3 Å². The maximum Gasteiger partial charge on any atom is 0.151 e. The van der Waals surface area contributed by atoms with Crippen molar-refractivity contribution < 1.29 is 4.79 Å². The van der Waals surface area contributed by atoms with Gasteiger partial charge in [0, 0.05) is 34.0 Å². The average Bonchev–Trinajstić information content (AvgIpc) is 2.83. The van der Waals surface area contributed by atoms with Gasteiger partial charge in [-0.1, -0.05) is 0 Å². The van der Waals surface area contributed by atoms with Crippen LogP contribution in [0.25, 0.3) is 16.7 Å². The first-order chi connectivity index (χ1) is 8.79. The van der Waals surface area contributed by atoms with Crippen LogP contribution in [0.2, 0.25) is 0 Å². The summed E-state index contributed by atoms with van der Waals surface area (Å²) in [4.78, 5) is 19.3. The van der Waals surface area contributed by atoms with Gasteiger partial charge in [-0.25, -0.2) is 4.98 Å². The lowest BCUT2D eigenvalue weighted by molar-refractivity contribution is 0.112. The summed E-state index contributed by atoms with van der Waals surface area (Å²) < 4.78 is 2.60. The highest BCUT2D eigenvalue weighted by molar-refractivity contribution is 9.10. The van der Waals surface area contributed by atoms with E-state index < -0.39 is 0 Å². The van der Waals surface area contributed by atoms with E-state index in [9.17, 15) is 4.79 Å². The van der Waals surface area contributed by atoms with E-state index in [-0.39, 0.29) is 0 Å². The molecule has 0 unspecified atom stereocenters. The summed E-state index contributed by atoms with van der Waals surface area (Å²) in [6.07, 6.45) is 7.87. The minimum Gasteiger partial charge on any atom is -0.300 e. The van der Waals surface area contributed by atoms with Gasteiger partial charge in [0.2, 0.25) is 0 Å². The van der Waals surface area contributed by atoms with E-state index in [1.165, 1.54) is 0 Å². The quantitative estimate of drug-likeness (QED) is 0.684. The van der Waals surface area contributed by atoms with Crippen LogP contribution >= 0.6 is 15.9 Å². The number of carbonyl (C=O) groups is 1. The Morgan fingerprint density at radius 3 is 3.00 bits per heavy atom. The van der Waals surface area contributed by atoms with E-state index in [0.717, 1.165) is 17.2 Å². The Bertz CT molecular complexity index is 736. The smallest absolute Gasteiger partial charge is 0.151 e. The molecule has 0 aromatic carbocycles. The predicted molar refractivity (Wildman–Crippen MR) is 72.0 cm³/mol. The summed E-state index contributed by atoms with van der Waals surface area (Å²) in [6.45, 7) is 0. The lowest BCUT2D eigenvalue weighted by Gasteiger charge is -2.05. The fourth-order valence-corrected chi connectivity index (χ4v) is 2.15. The van der Waals surface area contributed by atoms with Crippen molar-refractivity contribution in [2.75, 3.05) is 0 Å². The van der Waals surface area contributed by atoms with Gasteiger partial charge in [-0.2, -0.15) is 0 Å². The molecular formula is C13H8BrN3O. The standard InChI is InChI=1S/C13H8BrN3O/c14-11-6-16-13(5-10(11)8-18)17-4-2-9-1-3-15-7-12(9)17/h1-8H. The molecule has 0 bridgehead atoms. The Balaban J connectivity index is 2.23. The maximum atomic E-state index is 10.9. The molecule has 0 aliphatic heterocycles. The molecular weight excluding hydrogens is 294 g/mol. The molecule has 0 aliphatic rings. The normalized spacial score (nSPS) is 10.7. The third-order valence-electron chi connectivity index (χ3n) is 2.74. The molecule has 0 atom stereocenters. The maximum absolute atomic E-state index is 10.9. The van der Waals surface area contributed by atoms with E-state index >= 15 is 0 Å². The highest BCUT2D eigenvalue weighted by atomic mass is 79.9. The number of carbonyl (C=O) groups excluding carboxylic acids is 1. The zero-order chi connectivity index (χ0) is 12.5. The van der Waals surface area contributed by atoms with Gasteiger partial charge < -0.3 is 0 Å². The summed E-state index contributed by atoms with van der Waals surface area (Å²) in [5.41, 5.74) is 1.54. The van der Waals surface area contributed by atoms with Crippen LogP contribution in [-0.2, 0) is 0 Å². The molecule has 0 saturated heterocycles. The lowest BCUT2D eigenvalue weighted by Crippen LogP contribution is -1.97. The molecule has 0 fully saturated rings. The van der Waals surface area contributed by atoms with Crippen molar-refractivity contribution in [3.63, 3.8) is 0 Å². The Morgan fingerprint density at radius 1 is 1.28 bits per heavy atom. The van der Waals surface area contributed by atoms with Gasteiger partial charge in [0.1, 0.15) is 5.82 Å². The first-order valence-electron chi connectivity index (χ1n) is 5.32. The van der Waals surface area contributed by atoms with Crippen LogP contribution in [0.3, 0.4) is 0 Å². The third-order valence-corrected chi connectivity index (χ3v) is 3.40. The molecule has 3 aromatic rings. The minimum absolute atomic E-state index is 0.575. The van der Waals surface area contributed by atoms with E-state index in [0.29, 0.717) is 15.9 Å². The fraction of sp³-hybridized carbons (Fsp3) is 0. The zero-order valence-corrected chi connectivity index (χ0v) is 10.8. The summed E-state index contributed by atoms with van der Waals surface area (Å²) in [5, 5.41) is 1.09. The van der Waals surface area contributed by atoms with Gasteiger partial charge in [-0.05, 0) is 34.1 Å². The molecule has 3 heterocycles. The summed E-state index contributed by atoms with van der Waals surface area (Å²) in [7, 11) is 0. The summed E-state index contributed by atoms with van der Waals surface area (Å²) >= 11 is 3.29. The number of fused-ring (bicyclic) bond motifs is 1. The number of nitrogens with zero attached hydrogens (tertiary/aromatic N) is 3. The monoisotopic (exact) mass is 301 g/mol. The second-order valence-electron chi connectivity index (χ2n) is 3.80. The van der Waals surface area contributed by atoms with Crippen LogP contribution in [0.1, 0.15) is 10.4 Å². The van der Waals surface area contributed by atoms with Crippen LogP contribution in [0, 0.1) is 0 Å². The van der Waals surface area contributed by atoms with Crippen LogP contribution in [-0.4, -0.2) is 20.8 Å². The molecule has 5 heteroatoms. The largest absolute Gasteiger partial charge is 0.300 e. The number of hydrogen-bond donors (Lipinski definition) is 0. The van der Waals surface area contributed by atoms with Crippen molar-refractivity contribution in [1.82, 2.24) is 14.5 Å². The molecule has 0 saturated carbocycles. The highest BCUT2D eigenvalue weighted by Crippen LogP contribution is 2.21. The van der Waals surface area contributed by atoms with E-state index in [4.69, 9.17) is 0 Å². The van der Waals surface area contributed by atoms with Gasteiger partial charge >= 0.3 is 0 Å². The van der Waals surface area contributed by atoms with Crippen molar-refractivity contribution in [2.24, 2.45) is 0 Å². The number of rotatable bonds is 2. The van der Waals surface area contributed by atoms with Gasteiger partial charge in [0.25, 0.3) is 0 Å². The molecule has 0 aliphatic carbocycles. The number of hydrogen-bond acceptors (Lipinski definition) is 3. The number of aldehydes is 1. The molecule has 18 heavy (non-hydrogen) atoms. The molecule has 3 rings (SSSR count). The van der Waals surface area contributed by atoms with Crippen LogP contribution < -0.4 is 0 Å². The molecule has 4 nitrogen and oxygen atoms in total. The first kappa shape index (κ1) is 11.1.